The third kappa shape index (κ3) is 3.83. The predicted molar refractivity (Wildman–Crippen MR) is 69.8 cm³/mol. The van der Waals surface area contributed by atoms with Gasteiger partial charge in [-0.1, -0.05) is 46.0 Å². The largest absolute Gasteiger partial charge is 0.317 e. The second-order valence-electron chi connectivity index (χ2n) is 5.84. The first kappa shape index (κ1) is 12.6. The summed E-state index contributed by atoms with van der Waals surface area (Å²) in [6.45, 7) is 5.53. The number of hydrogen-bond donors (Lipinski definition) is 0. The van der Waals surface area contributed by atoms with Crippen LogP contribution in [-0.4, -0.2) is 14.8 Å². The molecule has 1 aromatic rings. The molecule has 1 aliphatic carbocycles. The van der Waals surface area contributed by atoms with Crippen molar-refractivity contribution in [3.63, 3.8) is 0 Å². The first-order valence-electron chi connectivity index (χ1n) is 7.12. The molecule has 0 amide bonds. The van der Waals surface area contributed by atoms with Crippen molar-refractivity contribution in [2.75, 3.05) is 0 Å². The molecule has 0 N–H and O–H groups in total. The zero-order valence-electron chi connectivity index (χ0n) is 11.2. The molecule has 1 aliphatic rings. The molecule has 3 nitrogen and oxygen atoms in total. The summed E-state index contributed by atoms with van der Waals surface area (Å²) in [5.41, 5.74) is 0. The summed E-state index contributed by atoms with van der Waals surface area (Å²) in [4.78, 5) is 0. The zero-order chi connectivity index (χ0) is 12.1. The molecule has 0 aliphatic heterocycles. The van der Waals surface area contributed by atoms with E-state index in [2.05, 4.69) is 28.6 Å². The van der Waals surface area contributed by atoms with E-state index in [1.54, 1.807) is 0 Å². The van der Waals surface area contributed by atoms with Gasteiger partial charge in [-0.3, -0.25) is 0 Å². The molecule has 0 unspecified atom stereocenters. The van der Waals surface area contributed by atoms with E-state index in [9.17, 15) is 0 Å². The second kappa shape index (κ2) is 6.18. The molecule has 3 heteroatoms. The van der Waals surface area contributed by atoms with Gasteiger partial charge in [-0.2, -0.15) is 0 Å². The van der Waals surface area contributed by atoms with Gasteiger partial charge in [0.15, 0.2) is 0 Å². The minimum absolute atomic E-state index is 0.666. The maximum atomic E-state index is 4.27. The number of rotatable bonds is 5. The average molecular weight is 235 g/mol. The lowest BCUT2D eigenvalue weighted by atomic mass is 9.86. The monoisotopic (exact) mass is 235 g/mol. The highest BCUT2D eigenvalue weighted by molar-refractivity contribution is 4.87. The molecule has 0 aromatic carbocycles. The van der Waals surface area contributed by atoms with Crippen LogP contribution in [0.1, 0.15) is 58.2 Å². The summed E-state index contributed by atoms with van der Waals surface area (Å²) in [6.07, 6.45) is 11.5. The van der Waals surface area contributed by atoms with Crippen molar-refractivity contribution in [3.05, 3.63) is 12.2 Å². The standard InChI is InChI=1S/C14H25N3/c1-12(2)10-17-11-15-16-14(17)9-8-13-6-4-3-5-7-13/h11-13H,3-10H2,1-2H3. The van der Waals surface area contributed by atoms with E-state index < -0.39 is 0 Å². The fourth-order valence-electron chi connectivity index (χ4n) is 2.83. The Balaban J connectivity index is 1.83. The van der Waals surface area contributed by atoms with Gasteiger partial charge in [-0.25, -0.2) is 0 Å². The molecular formula is C14H25N3. The van der Waals surface area contributed by atoms with Gasteiger partial charge in [0.2, 0.25) is 0 Å². The van der Waals surface area contributed by atoms with Crippen molar-refractivity contribution in [3.8, 4) is 0 Å². The molecule has 1 heterocycles. The van der Waals surface area contributed by atoms with E-state index in [0.717, 1.165) is 18.9 Å². The van der Waals surface area contributed by atoms with Crippen LogP contribution >= 0.6 is 0 Å². The van der Waals surface area contributed by atoms with Crippen molar-refractivity contribution in [2.24, 2.45) is 11.8 Å². The summed E-state index contributed by atoms with van der Waals surface area (Å²) in [5, 5.41) is 8.32. The normalized spacial score (nSPS) is 17.8. The Labute approximate surface area is 105 Å². The Morgan fingerprint density at radius 2 is 2.06 bits per heavy atom. The lowest BCUT2D eigenvalue weighted by molar-refractivity contribution is 0.335. The number of hydrogen-bond acceptors (Lipinski definition) is 2. The third-order valence-corrected chi connectivity index (χ3v) is 3.76. The molecule has 96 valence electrons. The van der Waals surface area contributed by atoms with Crippen molar-refractivity contribution in [1.29, 1.82) is 0 Å². The van der Waals surface area contributed by atoms with Crippen molar-refractivity contribution in [1.82, 2.24) is 14.8 Å². The van der Waals surface area contributed by atoms with Crippen molar-refractivity contribution < 1.29 is 0 Å². The van der Waals surface area contributed by atoms with Gasteiger partial charge in [0, 0.05) is 13.0 Å². The molecule has 0 saturated heterocycles. The van der Waals surface area contributed by atoms with Gasteiger partial charge in [0.25, 0.3) is 0 Å². The lowest BCUT2D eigenvalue weighted by Crippen LogP contribution is -2.11. The maximum Gasteiger partial charge on any atom is 0.132 e. The van der Waals surface area contributed by atoms with Crippen molar-refractivity contribution in [2.45, 2.75) is 65.3 Å². The maximum absolute atomic E-state index is 4.27. The summed E-state index contributed by atoms with van der Waals surface area (Å²) >= 11 is 0. The zero-order valence-corrected chi connectivity index (χ0v) is 11.2. The van der Waals surface area contributed by atoms with Crippen LogP contribution in [-0.2, 0) is 13.0 Å². The highest BCUT2D eigenvalue weighted by Crippen LogP contribution is 2.27. The Morgan fingerprint density at radius 3 is 2.76 bits per heavy atom. The number of aromatic nitrogens is 3. The molecule has 1 fully saturated rings. The number of aryl methyl sites for hydroxylation is 1. The van der Waals surface area contributed by atoms with Crippen molar-refractivity contribution >= 4 is 0 Å². The fourth-order valence-corrected chi connectivity index (χ4v) is 2.83. The molecule has 0 bridgehead atoms. The van der Waals surface area contributed by atoms with E-state index in [-0.39, 0.29) is 0 Å². The van der Waals surface area contributed by atoms with Gasteiger partial charge < -0.3 is 4.57 Å². The fraction of sp³-hybridized carbons (Fsp3) is 0.857. The first-order valence-corrected chi connectivity index (χ1v) is 7.12. The van der Waals surface area contributed by atoms with Crippen LogP contribution < -0.4 is 0 Å². The summed E-state index contributed by atoms with van der Waals surface area (Å²) in [5.74, 6) is 2.79. The highest BCUT2D eigenvalue weighted by atomic mass is 15.3. The van der Waals surface area contributed by atoms with E-state index in [0.29, 0.717) is 5.92 Å². The van der Waals surface area contributed by atoms with Crippen LogP contribution in [0.5, 0.6) is 0 Å². The quantitative estimate of drug-likeness (QED) is 0.782. The van der Waals surface area contributed by atoms with Crippen LogP contribution in [0.3, 0.4) is 0 Å². The summed E-state index contributed by atoms with van der Waals surface area (Å²) in [6, 6.07) is 0. The van der Waals surface area contributed by atoms with Gasteiger partial charge in [0.1, 0.15) is 12.2 Å². The molecule has 1 saturated carbocycles. The molecule has 2 rings (SSSR count). The number of nitrogens with zero attached hydrogens (tertiary/aromatic N) is 3. The molecule has 0 spiro atoms. The summed E-state index contributed by atoms with van der Waals surface area (Å²) < 4.78 is 2.23. The van der Waals surface area contributed by atoms with Crippen LogP contribution in [0.2, 0.25) is 0 Å². The third-order valence-electron chi connectivity index (χ3n) is 3.76. The Hall–Kier alpha value is -0.860. The van der Waals surface area contributed by atoms with E-state index in [4.69, 9.17) is 0 Å². The Morgan fingerprint density at radius 1 is 1.29 bits per heavy atom. The van der Waals surface area contributed by atoms with Crippen LogP contribution in [0.4, 0.5) is 0 Å². The first-order chi connectivity index (χ1) is 8.25. The minimum Gasteiger partial charge on any atom is -0.317 e. The van der Waals surface area contributed by atoms with Gasteiger partial charge in [0.05, 0.1) is 0 Å². The van der Waals surface area contributed by atoms with Crippen LogP contribution in [0.25, 0.3) is 0 Å². The average Bonchev–Trinajstić information content (AvgIpc) is 2.74. The Bertz CT molecular complexity index is 324. The topological polar surface area (TPSA) is 30.7 Å². The van der Waals surface area contributed by atoms with Gasteiger partial charge in [-0.05, 0) is 18.3 Å². The SMILES string of the molecule is CC(C)Cn1cnnc1CCC1CCCCC1. The van der Waals surface area contributed by atoms with E-state index in [1.807, 2.05) is 6.33 Å². The molecular weight excluding hydrogens is 210 g/mol. The lowest BCUT2D eigenvalue weighted by Gasteiger charge is -2.21. The van der Waals surface area contributed by atoms with Crippen LogP contribution in [0, 0.1) is 11.8 Å². The smallest absolute Gasteiger partial charge is 0.132 e. The highest BCUT2D eigenvalue weighted by Gasteiger charge is 2.15. The minimum atomic E-state index is 0.666. The van der Waals surface area contributed by atoms with Gasteiger partial charge >= 0.3 is 0 Å². The second-order valence-corrected chi connectivity index (χ2v) is 5.84. The summed E-state index contributed by atoms with van der Waals surface area (Å²) in [7, 11) is 0. The molecule has 17 heavy (non-hydrogen) atoms. The molecule has 0 atom stereocenters. The van der Waals surface area contributed by atoms with E-state index in [1.165, 1.54) is 44.3 Å². The van der Waals surface area contributed by atoms with Crippen LogP contribution in [0.15, 0.2) is 6.33 Å². The van der Waals surface area contributed by atoms with E-state index >= 15 is 0 Å². The Kier molecular flexibility index (Phi) is 4.57. The predicted octanol–water partition coefficient (Wildman–Crippen LogP) is 3.45. The van der Waals surface area contributed by atoms with Gasteiger partial charge in [-0.15, -0.1) is 10.2 Å². The molecule has 1 aromatic heterocycles. The molecule has 0 radical (unpaired) electrons.